The van der Waals surface area contributed by atoms with Crippen molar-refractivity contribution in [2.45, 2.75) is 33.6 Å². The van der Waals surface area contributed by atoms with Gasteiger partial charge in [-0.3, -0.25) is 14.6 Å². The molecule has 0 aliphatic rings. The van der Waals surface area contributed by atoms with E-state index in [9.17, 15) is 14.7 Å². The van der Waals surface area contributed by atoms with Crippen LogP contribution in [0.25, 0.3) is 16.6 Å². The molecule has 0 unspecified atom stereocenters. The summed E-state index contributed by atoms with van der Waals surface area (Å²) in [4.78, 5) is 28.7. The number of amides is 1. The summed E-state index contributed by atoms with van der Waals surface area (Å²) in [7, 11) is 0. The van der Waals surface area contributed by atoms with Crippen molar-refractivity contribution in [3.8, 4) is 5.69 Å². The Kier molecular flexibility index (Phi) is 5.39. The van der Waals surface area contributed by atoms with E-state index in [0.29, 0.717) is 18.5 Å². The molecule has 2 N–H and O–H groups in total. The number of carboxylic acids is 1. The molecule has 0 fully saturated rings. The van der Waals surface area contributed by atoms with Crippen LogP contribution in [0.2, 0.25) is 0 Å². The van der Waals surface area contributed by atoms with Gasteiger partial charge in [-0.15, -0.1) is 5.10 Å². The molecule has 2 aromatic heterocycles. The van der Waals surface area contributed by atoms with Crippen molar-refractivity contribution < 1.29 is 14.7 Å². The Morgan fingerprint density at radius 1 is 1.18 bits per heavy atom. The minimum absolute atomic E-state index is 0.0380. The Morgan fingerprint density at radius 2 is 1.89 bits per heavy atom. The number of aromatic nitrogens is 4. The Balaban J connectivity index is 1.89. The second kappa shape index (κ2) is 7.75. The largest absolute Gasteiger partial charge is 0.481 e. The van der Waals surface area contributed by atoms with E-state index in [4.69, 9.17) is 0 Å². The summed E-state index contributed by atoms with van der Waals surface area (Å²) in [5, 5.41) is 21.3. The van der Waals surface area contributed by atoms with Gasteiger partial charge in [0.15, 0.2) is 5.69 Å². The Morgan fingerprint density at radius 3 is 2.57 bits per heavy atom. The van der Waals surface area contributed by atoms with Crippen LogP contribution in [-0.2, 0) is 4.79 Å². The summed E-state index contributed by atoms with van der Waals surface area (Å²) < 4.78 is 1.58. The van der Waals surface area contributed by atoms with Crippen LogP contribution >= 0.6 is 0 Å². The first-order valence-electron chi connectivity index (χ1n) is 9.21. The zero-order valence-corrected chi connectivity index (χ0v) is 16.1. The molecule has 1 amide bonds. The number of para-hydroxylation sites is 1. The van der Waals surface area contributed by atoms with Gasteiger partial charge in [-0.25, -0.2) is 4.68 Å². The van der Waals surface area contributed by atoms with E-state index in [-0.39, 0.29) is 12.2 Å². The van der Waals surface area contributed by atoms with Gasteiger partial charge in [-0.2, -0.15) is 0 Å². The number of nitrogens with zero attached hydrogens (tertiary/aromatic N) is 4. The quantitative estimate of drug-likeness (QED) is 0.651. The van der Waals surface area contributed by atoms with Gasteiger partial charge in [0.2, 0.25) is 0 Å². The monoisotopic (exact) mass is 381 g/mol. The number of aliphatic carboxylic acids is 1. The van der Waals surface area contributed by atoms with Crippen molar-refractivity contribution in [1.29, 1.82) is 0 Å². The fraction of sp³-hybridized carbons (Fsp3) is 0.350. The molecule has 0 atom stereocenters. The summed E-state index contributed by atoms with van der Waals surface area (Å²) in [5.74, 6) is -1.36. The summed E-state index contributed by atoms with van der Waals surface area (Å²) in [5.41, 5.74) is 1.22. The number of hydrogen-bond donors (Lipinski definition) is 2. The van der Waals surface area contributed by atoms with Crippen molar-refractivity contribution in [2.75, 3.05) is 6.54 Å². The molecule has 0 radical (unpaired) electrons. The van der Waals surface area contributed by atoms with E-state index in [1.165, 1.54) is 0 Å². The fourth-order valence-corrected chi connectivity index (χ4v) is 3.24. The molecule has 0 saturated heterocycles. The lowest BCUT2D eigenvalue weighted by Crippen LogP contribution is -2.42. The van der Waals surface area contributed by atoms with Crippen LogP contribution < -0.4 is 5.32 Å². The molecular weight excluding hydrogens is 358 g/mol. The van der Waals surface area contributed by atoms with Gasteiger partial charge in [0, 0.05) is 18.1 Å². The number of hydrogen-bond acceptors (Lipinski definition) is 5. The van der Waals surface area contributed by atoms with Gasteiger partial charge in [0.25, 0.3) is 5.91 Å². The molecule has 0 aliphatic heterocycles. The van der Waals surface area contributed by atoms with Crippen LogP contribution in [0.1, 0.15) is 42.9 Å². The zero-order valence-electron chi connectivity index (χ0n) is 16.1. The first kappa shape index (κ1) is 19.5. The molecule has 3 aromatic rings. The topological polar surface area (TPSA) is 110 Å². The average Bonchev–Trinajstić information content (AvgIpc) is 3.09. The maximum atomic E-state index is 12.6. The van der Waals surface area contributed by atoms with Crippen LogP contribution in [-0.4, -0.2) is 43.5 Å². The second-order valence-corrected chi connectivity index (χ2v) is 6.76. The molecule has 8 nitrogen and oxygen atoms in total. The lowest BCUT2D eigenvalue weighted by atomic mass is 9.82. The molecule has 0 bridgehead atoms. The Bertz CT molecular complexity index is 1020. The van der Waals surface area contributed by atoms with Crippen molar-refractivity contribution in [2.24, 2.45) is 5.41 Å². The molecule has 0 spiro atoms. The number of carboxylic acid groups (broad SMARTS) is 1. The smallest absolute Gasteiger partial charge is 0.311 e. The Hall–Kier alpha value is -3.29. The summed E-state index contributed by atoms with van der Waals surface area (Å²) >= 11 is 0. The highest BCUT2D eigenvalue weighted by Gasteiger charge is 2.35. The third-order valence-corrected chi connectivity index (χ3v) is 5.34. The number of rotatable bonds is 7. The highest BCUT2D eigenvalue weighted by molar-refractivity contribution is 5.94. The van der Waals surface area contributed by atoms with Crippen molar-refractivity contribution in [3.05, 3.63) is 47.9 Å². The summed E-state index contributed by atoms with van der Waals surface area (Å²) in [6, 6.07) is 9.51. The van der Waals surface area contributed by atoms with E-state index in [2.05, 4.69) is 20.6 Å². The number of pyridine rings is 1. The molecular formula is C20H23N5O3. The average molecular weight is 381 g/mol. The molecule has 2 heterocycles. The molecule has 8 heteroatoms. The minimum Gasteiger partial charge on any atom is -0.481 e. The number of fused-ring (bicyclic) bond motifs is 1. The van der Waals surface area contributed by atoms with E-state index in [1.54, 1.807) is 31.6 Å². The van der Waals surface area contributed by atoms with Crippen molar-refractivity contribution in [3.63, 3.8) is 0 Å². The van der Waals surface area contributed by atoms with Gasteiger partial charge in [-0.05, 0) is 31.9 Å². The highest BCUT2D eigenvalue weighted by Crippen LogP contribution is 2.26. The standard InChI is InChI=1S/C20H23N5O3/c1-4-20(5-2,19(27)28)12-22-18(26)16-13(3)25(24-23-16)15-10-6-8-14-9-7-11-21-17(14)15/h6-11H,4-5,12H2,1-3H3,(H,22,26)(H,27,28). The number of nitrogens with one attached hydrogen (secondary N) is 1. The van der Waals surface area contributed by atoms with E-state index in [0.717, 1.165) is 16.6 Å². The maximum absolute atomic E-state index is 12.6. The third kappa shape index (κ3) is 3.33. The number of benzene rings is 1. The van der Waals surface area contributed by atoms with Crippen LogP contribution in [0.3, 0.4) is 0 Å². The SMILES string of the molecule is CCC(CC)(CNC(=O)c1nnn(-c2cccc3cccnc23)c1C)C(=O)O. The molecule has 0 aliphatic carbocycles. The zero-order chi connectivity index (χ0) is 20.3. The number of carbonyl (C=O) groups excluding carboxylic acids is 1. The summed E-state index contributed by atoms with van der Waals surface area (Å²) in [6.45, 7) is 5.40. The van der Waals surface area contributed by atoms with Gasteiger partial charge >= 0.3 is 5.97 Å². The first-order chi connectivity index (χ1) is 13.4. The minimum atomic E-state index is -0.987. The van der Waals surface area contributed by atoms with Gasteiger partial charge in [0.05, 0.1) is 22.3 Å². The van der Waals surface area contributed by atoms with Crippen LogP contribution in [0, 0.1) is 12.3 Å². The molecule has 28 heavy (non-hydrogen) atoms. The normalized spacial score (nSPS) is 11.5. The van der Waals surface area contributed by atoms with Crippen LogP contribution in [0.5, 0.6) is 0 Å². The fourth-order valence-electron chi connectivity index (χ4n) is 3.24. The predicted molar refractivity (Wildman–Crippen MR) is 104 cm³/mol. The van der Waals surface area contributed by atoms with Gasteiger partial charge in [-0.1, -0.05) is 37.3 Å². The maximum Gasteiger partial charge on any atom is 0.311 e. The molecule has 1 aromatic carbocycles. The third-order valence-electron chi connectivity index (χ3n) is 5.34. The van der Waals surface area contributed by atoms with Gasteiger partial charge in [0.1, 0.15) is 0 Å². The molecule has 3 rings (SSSR count). The number of carbonyl (C=O) groups is 2. The lowest BCUT2D eigenvalue weighted by molar-refractivity contribution is -0.149. The van der Waals surface area contributed by atoms with E-state index >= 15 is 0 Å². The molecule has 0 saturated carbocycles. The Labute approximate surface area is 162 Å². The van der Waals surface area contributed by atoms with Crippen molar-refractivity contribution in [1.82, 2.24) is 25.3 Å². The van der Waals surface area contributed by atoms with Crippen molar-refractivity contribution >= 4 is 22.8 Å². The van der Waals surface area contributed by atoms with Gasteiger partial charge < -0.3 is 10.4 Å². The van der Waals surface area contributed by atoms with E-state index < -0.39 is 17.3 Å². The first-order valence-corrected chi connectivity index (χ1v) is 9.21. The lowest BCUT2D eigenvalue weighted by Gasteiger charge is -2.26. The predicted octanol–water partition coefficient (Wildman–Crippen LogP) is 2.74. The van der Waals surface area contributed by atoms with E-state index in [1.807, 2.05) is 30.3 Å². The molecule has 146 valence electrons. The van der Waals surface area contributed by atoms with Crippen LogP contribution in [0.4, 0.5) is 0 Å². The summed E-state index contributed by atoms with van der Waals surface area (Å²) in [6.07, 6.45) is 2.55. The highest BCUT2D eigenvalue weighted by atomic mass is 16.4. The van der Waals surface area contributed by atoms with Crippen LogP contribution in [0.15, 0.2) is 36.5 Å². The second-order valence-electron chi connectivity index (χ2n) is 6.76.